The summed E-state index contributed by atoms with van der Waals surface area (Å²) in [7, 11) is 0. The summed E-state index contributed by atoms with van der Waals surface area (Å²) in [6.07, 6.45) is 7.51. The first-order chi connectivity index (χ1) is 9.94. The Kier molecular flexibility index (Phi) is 4.60. The van der Waals surface area contributed by atoms with Gasteiger partial charge in [0.1, 0.15) is 0 Å². The molecule has 0 aromatic carbocycles. The van der Waals surface area contributed by atoms with Crippen LogP contribution < -0.4 is 5.32 Å². The third-order valence-corrected chi connectivity index (χ3v) is 4.14. The summed E-state index contributed by atoms with van der Waals surface area (Å²) in [5, 5.41) is 12.0. The summed E-state index contributed by atoms with van der Waals surface area (Å²) in [6.45, 7) is 4.22. The van der Waals surface area contributed by atoms with Gasteiger partial charge in [-0.15, -0.1) is 0 Å². The molecule has 1 fully saturated rings. The molecule has 1 aromatic rings. The predicted molar refractivity (Wildman–Crippen MR) is 80.2 cm³/mol. The molecule has 1 heterocycles. The number of nitrogens with one attached hydrogen (secondary N) is 1. The maximum Gasteiger partial charge on any atom is 0.337 e. The molecule has 5 heteroatoms. The van der Waals surface area contributed by atoms with E-state index in [4.69, 9.17) is 0 Å². The average molecular weight is 290 g/mol. The van der Waals surface area contributed by atoms with Crippen molar-refractivity contribution in [1.29, 1.82) is 0 Å². The zero-order chi connectivity index (χ0) is 15.5. The van der Waals surface area contributed by atoms with Crippen molar-refractivity contribution in [3.63, 3.8) is 0 Å². The van der Waals surface area contributed by atoms with Gasteiger partial charge in [-0.05, 0) is 31.2 Å². The lowest BCUT2D eigenvalue weighted by atomic mass is 9.77. The zero-order valence-corrected chi connectivity index (χ0v) is 12.6. The van der Waals surface area contributed by atoms with Crippen LogP contribution in [0.25, 0.3) is 0 Å². The van der Waals surface area contributed by atoms with E-state index in [2.05, 4.69) is 24.1 Å². The van der Waals surface area contributed by atoms with Gasteiger partial charge in [0.25, 0.3) is 0 Å². The van der Waals surface area contributed by atoms with E-state index in [1.807, 2.05) is 0 Å². The lowest BCUT2D eigenvalue weighted by Gasteiger charge is -2.29. The molecule has 1 aliphatic rings. The highest BCUT2D eigenvalue weighted by atomic mass is 16.4. The molecule has 0 atom stereocenters. The van der Waals surface area contributed by atoms with Crippen molar-refractivity contribution >= 4 is 17.6 Å². The van der Waals surface area contributed by atoms with Crippen LogP contribution in [0.2, 0.25) is 0 Å². The summed E-state index contributed by atoms with van der Waals surface area (Å²) in [5.74, 6) is -0.692. The summed E-state index contributed by atoms with van der Waals surface area (Å²) in [5.41, 5.74) is 0.000779. The number of carboxylic acids is 1. The number of aromatic carboxylic acids is 1. The molecule has 0 spiro atoms. The fraction of sp³-hybridized carbons (Fsp3) is 0.562. The van der Waals surface area contributed by atoms with Crippen molar-refractivity contribution in [2.24, 2.45) is 11.3 Å². The van der Waals surface area contributed by atoms with E-state index in [0.29, 0.717) is 5.92 Å². The number of amides is 1. The van der Waals surface area contributed by atoms with Gasteiger partial charge >= 0.3 is 5.97 Å². The normalized spacial score (nSPS) is 16.9. The number of hydrogen-bond acceptors (Lipinski definition) is 3. The van der Waals surface area contributed by atoms with Crippen LogP contribution in [0.15, 0.2) is 18.5 Å². The van der Waals surface area contributed by atoms with Crippen molar-refractivity contribution in [1.82, 2.24) is 4.98 Å². The fourth-order valence-corrected chi connectivity index (χ4v) is 3.29. The molecule has 1 aromatic heterocycles. The number of nitrogens with zero attached hydrogens (tertiary/aromatic N) is 1. The van der Waals surface area contributed by atoms with Gasteiger partial charge in [0.2, 0.25) is 5.91 Å². The lowest BCUT2D eigenvalue weighted by molar-refractivity contribution is -0.126. The highest BCUT2D eigenvalue weighted by Gasteiger charge is 2.41. The molecule has 0 bridgehead atoms. The van der Waals surface area contributed by atoms with Crippen LogP contribution in [-0.2, 0) is 4.79 Å². The van der Waals surface area contributed by atoms with Crippen molar-refractivity contribution in [3.8, 4) is 0 Å². The highest BCUT2D eigenvalue weighted by molar-refractivity contribution is 6.02. The second kappa shape index (κ2) is 6.24. The second-order valence-electron chi connectivity index (χ2n) is 6.27. The van der Waals surface area contributed by atoms with Crippen LogP contribution in [0.5, 0.6) is 0 Å². The van der Waals surface area contributed by atoms with E-state index in [1.54, 1.807) is 0 Å². The first-order valence-electron chi connectivity index (χ1n) is 7.43. The molecule has 1 amide bonds. The maximum absolute atomic E-state index is 12.7. The number of aromatic nitrogens is 1. The molecular formula is C16H22N2O3. The maximum atomic E-state index is 12.7. The molecule has 2 N–H and O–H groups in total. The quantitative estimate of drug-likeness (QED) is 0.871. The third kappa shape index (κ3) is 3.40. The molecule has 2 rings (SSSR count). The topological polar surface area (TPSA) is 79.3 Å². The van der Waals surface area contributed by atoms with Crippen LogP contribution in [0.3, 0.4) is 0 Å². The number of anilines is 1. The highest BCUT2D eigenvalue weighted by Crippen LogP contribution is 2.44. The van der Waals surface area contributed by atoms with Crippen molar-refractivity contribution in [2.75, 3.05) is 5.32 Å². The van der Waals surface area contributed by atoms with Gasteiger partial charge in [-0.2, -0.15) is 0 Å². The molecular weight excluding hydrogens is 268 g/mol. The third-order valence-electron chi connectivity index (χ3n) is 4.14. The van der Waals surface area contributed by atoms with Crippen LogP contribution in [0, 0.1) is 11.3 Å². The first-order valence-corrected chi connectivity index (χ1v) is 7.43. The Labute approximate surface area is 124 Å². The van der Waals surface area contributed by atoms with Crippen molar-refractivity contribution < 1.29 is 14.7 Å². The number of pyridine rings is 1. The molecule has 5 nitrogen and oxygen atoms in total. The van der Waals surface area contributed by atoms with Gasteiger partial charge in [-0.1, -0.05) is 26.7 Å². The number of rotatable bonds is 5. The summed E-state index contributed by atoms with van der Waals surface area (Å²) in [4.78, 5) is 27.8. The molecule has 1 saturated carbocycles. The number of hydrogen-bond donors (Lipinski definition) is 2. The molecule has 114 valence electrons. The second-order valence-corrected chi connectivity index (χ2v) is 6.27. The Morgan fingerprint density at radius 3 is 2.62 bits per heavy atom. The lowest BCUT2D eigenvalue weighted by Crippen LogP contribution is -2.35. The minimum Gasteiger partial charge on any atom is -0.478 e. The van der Waals surface area contributed by atoms with E-state index >= 15 is 0 Å². The van der Waals surface area contributed by atoms with E-state index in [0.717, 1.165) is 32.1 Å². The number of carbonyl (C=O) groups excluding carboxylic acids is 1. The van der Waals surface area contributed by atoms with Gasteiger partial charge in [0.05, 0.1) is 17.4 Å². The smallest absolute Gasteiger partial charge is 0.337 e. The van der Waals surface area contributed by atoms with Gasteiger partial charge in [0, 0.05) is 11.6 Å². The summed E-state index contributed by atoms with van der Waals surface area (Å²) in [6, 6.07) is 1.40. The van der Waals surface area contributed by atoms with Gasteiger partial charge in [0.15, 0.2) is 0 Å². The standard InChI is InChI=1S/C16H22N2O3/c1-11(2)9-16(6-3-4-7-16)15(21)18-13-10-17-8-5-12(13)14(19)20/h5,8,10-11H,3-4,6-7,9H2,1-2H3,(H,18,21)(H,19,20). The minimum atomic E-state index is -1.06. The summed E-state index contributed by atoms with van der Waals surface area (Å²) < 4.78 is 0. The van der Waals surface area contributed by atoms with Crippen molar-refractivity contribution in [3.05, 3.63) is 24.0 Å². The van der Waals surface area contributed by atoms with Crippen LogP contribution in [0.4, 0.5) is 5.69 Å². The van der Waals surface area contributed by atoms with E-state index in [-0.39, 0.29) is 22.6 Å². The van der Waals surface area contributed by atoms with E-state index < -0.39 is 5.97 Å². The average Bonchev–Trinajstić information content (AvgIpc) is 2.88. The molecule has 0 unspecified atom stereocenters. The Morgan fingerprint density at radius 1 is 1.38 bits per heavy atom. The molecule has 0 saturated heterocycles. The Morgan fingerprint density at radius 2 is 2.05 bits per heavy atom. The van der Waals surface area contributed by atoms with Gasteiger partial charge in [-0.25, -0.2) is 4.79 Å². The predicted octanol–water partition coefficient (Wildman–Crippen LogP) is 3.32. The number of carbonyl (C=O) groups is 2. The zero-order valence-electron chi connectivity index (χ0n) is 12.6. The molecule has 21 heavy (non-hydrogen) atoms. The van der Waals surface area contributed by atoms with Crippen LogP contribution in [0.1, 0.15) is 56.3 Å². The summed E-state index contributed by atoms with van der Waals surface area (Å²) >= 11 is 0. The van der Waals surface area contributed by atoms with Crippen LogP contribution >= 0.6 is 0 Å². The van der Waals surface area contributed by atoms with Crippen LogP contribution in [-0.4, -0.2) is 22.0 Å². The Hall–Kier alpha value is -1.91. The molecule has 0 radical (unpaired) electrons. The van der Waals surface area contributed by atoms with Gasteiger partial charge in [-0.3, -0.25) is 9.78 Å². The Bertz CT molecular complexity index is 534. The fourth-order valence-electron chi connectivity index (χ4n) is 3.29. The SMILES string of the molecule is CC(C)CC1(C(=O)Nc2cnccc2C(=O)O)CCCC1. The van der Waals surface area contributed by atoms with Gasteiger partial charge < -0.3 is 10.4 Å². The molecule has 0 aliphatic heterocycles. The first kappa shape index (κ1) is 15.5. The monoisotopic (exact) mass is 290 g/mol. The largest absolute Gasteiger partial charge is 0.478 e. The van der Waals surface area contributed by atoms with E-state index in [1.165, 1.54) is 18.5 Å². The number of carboxylic acid groups (broad SMARTS) is 1. The van der Waals surface area contributed by atoms with Crippen molar-refractivity contribution in [2.45, 2.75) is 46.0 Å². The van der Waals surface area contributed by atoms with E-state index in [9.17, 15) is 14.7 Å². The minimum absolute atomic E-state index is 0.0656. The Balaban J connectivity index is 2.22. The molecule has 1 aliphatic carbocycles.